The van der Waals surface area contributed by atoms with Gasteiger partial charge < -0.3 is 15.2 Å². The zero-order valence-electron chi connectivity index (χ0n) is 17.3. The Hall–Kier alpha value is -3.53. The smallest absolute Gasteiger partial charge is 0.319 e. The van der Waals surface area contributed by atoms with Crippen molar-refractivity contribution in [1.29, 1.82) is 0 Å². The first-order chi connectivity index (χ1) is 14.7. The molecule has 4 nitrogen and oxygen atoms in total. The average Bonchev–Trinajstić information content (AvgIpc) is 3.11. The molecule has 2 amide bonds. The van der Waals surface area contributed by atoms with Gasteiger partial charge >= 0.3 is 6.03 Å². The number of hydrogen-bond donors (Lipinski definition) is 2. The van der Waals surface area contributed by atoms with E-state index in [0.717, 1.165) is 25.1 Å². The van der Waals surface area contributed by atoms with E-state index >= 15 is 0 Å². The molecule has 3 aromatic carbocycles. The highest BCUT2D eigenvalue weighted by Crippen LogP contribution is 2.23. The van der Waals surface area contributed by atoms with E-state index in [4.69, 9.17) is 0 Å². The number of carbonyl (C=O) groups excluding carboxylic acids is 1. The van der Waals surface area contributed by atoms with Crippen LogP contribution in [0.15, 0.2) is 85.1 Å². The molecule has 0 aliphatic heterocycles. The van der Waals surface area contributed by atoms with E-state index in [1.165, 1.54) is 27.6 Å². The van der Waals surface area contributed by atoms with Crippen molar-refractivity contribution >= 4 is 22.6 Å². The second-order valence-electron chi connectivity index (χ2n) is 7.64. The number of para-hydroxylation sites is 1. The molecule has 0 atom stereocenters. The highest BCUT2D eigenvalue weighted by molar-refractivity contribution is 5.89. The van der Waals surface area contributed by atoms with Gasteiger partial charge in [-0.1, -0.05) is 66.2 Å². The maximum absolute atomic E-state index is 12.1. The van der Waals surface area contributed by atoms with E-state index in [1.54, 1.807) is 0 Å². The number of nitrogens with one attached hydrogen (secondary N) is 2. The largest absolute Gasteiger partial charge is 0.343 e. The van der Waals surface area contributed by atoms with Crippen molar-refractivity contribution in [3.05, 3.63) is 102 Å². The lowest BCUT2D eigenvalue weighted by Gasteiger charge is -2.07. The Bertz CT molecular complexity index is 1110. The van der Waals surface area contributed by atoms with Gasteiger partial charge in [-0.05, 0) is 49.1 Å². The Morgan fingerprint density at radius 3 is 2.43 bits per heavy atom. The summed E-state index contributed by atoms with van der Waals surface area (Å²) in [5.41, 5.74) is 5.84. The Kier molecular flexibility index (Phi) is 6.14. The van der Waals surface area contributed by atoms with Crippen LogP contribution in [-0.2, 0) is 13.0 Å². The fourth-order valence-electron chi connectivity index (χ4n) is 3.73. The highest BCUT2D eigenvalue weighted by atomic mass is 16.2. The number of aryl methyl sites for hydroxylation is 2. The van der Waals surface area contributed by atoms with Crippen molar-refractivity contribution in [3.8, 4) is 0 Å². The molecule has 30 heavy (non-hydrogen) atoms. The molecule has 0 aliphatic carbocycles. The Balaban J connectivity index is 1.35. The number of aromatic nitrogens is 1. The number of nitrogens with zero attached hydrogens (tertiary/aromatic N) is 1. The van der Waals surface area contributed by atoms with Crippen molar-refractivity contribution in [2.24, 2.45) is 0 Å². The molecule has 0 spiro atoms. The van der Waals surface area contributed by atoms with Crippen LogP contribution in [0.5, 0.6) is 0 Å². The highest BCUT2D eigenvalue weighted by Gasteiger charge is 2.09. The van der Waals surface area contributed by atoms with E-state index in [9.17, 15) is 4.79 Å². The summed E-state index contributed by atoms with van der Waals surface area (Å²) >= 11 is 0. The van der Waals surface area contributed by atoms with Gasteiger partial charge in [0.1, 0.15) is 0 Å². The molecule has 0 aliphatic rings. The standard InChI is InChI=1S/C26H27N3O/c1-20-13-15-23(16-14-20)28-26(30)27-17-7-10-22-19-29(18-21-8-3-2-4-9-21)25-12-6-5-11-24(22)25/h2-6,8-9,11-16,19H,7,10,17-18H2,1H3,(H2,27,28,30). The third-order valence-electron chi connectivity index (χ3n) is 5.28. The summed E-state index contributed by atoms with van der Waals surface area (Å²) in [5, 5.41) is 7.12. The number of anilines is 1. The van der Waals surface area contributed by atoms with Crippen LogP contribution in [0, 0.1) is 6.92 Å². The molecule has 0 radical (unpaired) electrons. The van der Waals surface area contributed by atoms with Crippen LogP contribution < -0.4 is 10.6 Å². The first-order valence-corrected chi connectivity index (χ1v) is 10.4. The summed E-state index contributed by atoms with van der Waals surface area (Å²) in [6.45, 7) is 3.52. The van der Waals surface area contributed by atoms with E-state index in [1.807, 2.05) is 37.3 Å². The topological polar surface area (TPSA) is 46.1 Å². The molecule has 2 N–H and O–H groups in total. The zero-order chi connectivity index (χ0) is 20.8. The van der Waals surface area contributed by atoms with Crippen LogP contribution >= 0.6 is 0 Å². The van der Waals surface area contributed by atoms with E-state index in [2.05, 4.69) is 69.9 Å². The number of fused-ring (bicyclic) bond motifs is 1. The Morgan fingerprint density at radius 1 is 0.900 bits per heavy atom. The van der Waals surface area contributed by atoms with Gasteiger partial charge in [0.15, 0.2) is 0 Å². The maximum atomic E-state index is 12.1. The average molecular weight is 398 g/mol. The predicted molar refractivity (Wildman–Crippen MR) is 124 cm³/mol. The monoisotopic (exact) mass is 397 g/mol. The van der Waals surface area contributed by atoms with E-state index in [0.29, 0.717) is 6.54 Å². The molecule has 152 valence electrons. The summed E-state index contributed by atoms with van der Waals surface area (Å²) in [4.78, 5) is 12.1. The molecule has 1 heterocycles. The van der Waals surface area contributed by atoms with Gasteiger partial charge in [0.2, 0.25) is 0 Å². The molecule has 4 heteroatoms. The van der Waals surface area contributed by atoms with Crippen molar-refractivity contribution in [3.63, 3.8) is 0 Å². The number of rotatable bonds is 7. The summed E-state index contributed by atoms with van der Waals surface area (Å²) in [6, 6.07) is 26.7. The van der Waals surface area contributed by atoms with Crippen molar-refractivity contribution in [1.82, 2.24) is 9.88 Å². The fourth-order valence-corrected chi connectivity index (χ4v) is 3.73. The summed E-state index contributed by atoms with van der Waals surface area (Å²) < 4.78 is 2.32. The number of urea groups is 1. The van der Waals surface area contributed by atoms with Gasteiger partial charge in [-0.2, -0.15) is 0 Å². The quantitative estimate of drug-likeness (QED) is 0.383. The molecule has 4 rings (SSSR count). The molecule has 0 saturated carbocycles. The Labute approximate surface area is 177 Å². The molecular weight excluding hydrogens is 370 g/mol. The normalized spacial score (nSPS) is 10.8. The maximum Gasteiger partial charge on any atom is 0.319 e. The third-order valence-corrected chi connectivity index (χ3v) is 5.28. The second-order valence-corrected chi connectivity index (χ2v) is 7.64. The van der Waals surface area contributed by atoms with Gasteiger partial charge in [0, 0.05) is 35.9 Å². The molecule has 1 aromatic heterocycles. The summed E-state index contributed by atoms with van der Waals surface area (Å²) in [5.74, 6) is 0. The first kappa shape index (κ1) is 19.8. The third kappa shape index (κ3) is 4.90. The minimum absolute atomic E-state index is 0.162. The molecule has 0 fully saturated rings. The van der Waals surface area contributed by atoms with Crippen molar-refractivity contribution in [2.75, 3.05) is 11.9 Å². The number of amides is 2. The van der Waals surface area contributed by atoms with Gasteiger partial charge in [-0.25, -0.2) is 4.79 Å². The molecule has 0 saturated heterocycles. The minimum atomic E-state index is -0.162. The predicted octanol–water partition coefficient (Wildman–Crippen LogP) is 5.75. The van der Waals surface area contributed by atoms with Gasteiger partial charge in [-0.3, -0.25) is 0 Å². The van der Waals surface area contributed by atoms with Gasteiger partial charge in [0.25, 0.3) is 0 Å². The van der Waals surface area contributed by atoms with Crippen molar-refractivity contribution < 1.29 is 4.79 Å². The zero-order valence-corrected chi connectivity index (χ0v) is 17.3. The fraction of sp³-hybridized carbons (Fsp3) is 0.192. The lowest BCUT2D eigenvalue weighted by atomic mass is 10.1. The molecular formula is C26H27N3O. The van der Waals surface area contributed by atoms with E-state index in [-0.39, 0.29) is 6.03 Å². The van der Waals surface area contributed by atoms with Gasteiger partial charge in [0.05, 0.1) is 0 Å². The van der Waals surface area contributed by atoms with Crippen LogP contribution in [0.25, 0.3) is 10.9 Å². The van der Waals surface area contributed by atoms with Gasteiger partial charge in [-0.15, -0.1) is 0 Å². The van der Waals surface area contributed by atoms with Crippen molar-refractivity contribution in [2.45, 2.75) is 26.3 Å². The summed E-state index contributed by atoms with van der Waals surface area (Å²) in [7, 11) is 0. The first-order valence-electron chi connectivity index (χ1n) is 10.4. The second kappa shape index (κ2) is 9.31. The lowest BCUT2D eigenvalue weighted by Crippen LogP contribution is -2.29. The Morgan fingerprint density at radius 2 is 1.63 bits per heavy atom. The minimum Gasteiger partial charge on any atom is -0.343 e. The van der Waals surface area contributed by atoms with Crippen LogP contribution in [0.3, 0.4) is 0 Å². The SMILES string of the molecule is Cc1ccc(NC(=O)NCCCc2cn(Cc3ccccc3)c3ccccc23)cc1. The number of benzene rings is 3. The number of hydrogen-bond acceptors (Lipinski definition) is 1. The molecule has 0 unspecified atom stereocenters. The van der Waals surface area contributed by atoms with Crippen LogP contribution in [-0.4, -0.2) is 17.1 Å². The lowest BCUT2D eigenvalue weighted by molar-refractivity contribution is 0.252. The number of carbonyl (C=O) groups is 1. The van der Waals surface area contributed by atoms with Crippen LogP contribution in [0.1, 0.15) is 23.1 Å². The molecule has 4 aromatic rings. The van der Waals surface area contributed by atoms with Crippen LogP contribution in [0.2, 0.25) is 0 Å². The molecule has 0 bridgehead atoms. The van der Waals surface area contributed by atoms with E-state index < -0.39 is 0 Å². The summed E-state index contributed by atoms with van der Waals surface area (Å²) in [6.07, 6.45) is 4.07. The van der Waals surface area contributed by atoms with Crippen LogP contribution in [0.4, 0.5) is 10.5 Å².